The lowest BCUT2D eigenvalue weighted by molar-refractivity contribution is 0.150. The normalized spacial score (nSPS) is 22.8. The Kier molecular flexibility index (Phi) is 3.01. The van der Waals surface area contributed by atoms with Crippen LogP contribution in [-0.2, 0) is 6.42 Å². The highest BCUT2D eigenvalue weighted by Crippen LogP contribution is 2.46. The molecule has 0 radical (unpaired) electrons. The van der Waals surface area contributed by atoms with E-state index in [-0.39, 0.29) is 0 Å². The Bertz CT molecular complexity index is 445. The van der Waals surface area contributed by atoms with Gasteiger partial charge >= 0.3 is 0 Å². The molecule has 3 nitrogen and oxygen atoms in total. The molecule has 0 unspecified atom stereocenters. The molecule has 0 saturated carbocycles. The van der Waals surface area contributed by atoms with Crippen molar-refractivity contribution in [2.75, 3.05) is 13.2 Å². The lowest BCUT2D eigenvalue weighted by Gasteiger charge is -2.26. The fourth-order valence-corrected chi connectivity index (χ4v) is 3.18. The number of benzene rings is 1. The second kappa shape index (κ2) is 4.50. The van der Waals surface area contributed by atoms with E-state index >= 15 is 0 Å². The molecule has 0 amide bonds. The largest absolute Gasteiger partial charge is 0.490 e. The highest BCUT2D eigenvalue weighted by molar-refractivity contribution is 9.10. The van der Waals surface area contributed by atoms with E-state index in [1.165, 1.54) is 5.56 Å². The van der Waals surface area contributed by atoms with E-state index < -0.39 is 6.10 Å². The number of hydrogen-bond donors (Lipinski definition) is 1. The molecule has 1 aromatic rings. The molecule has 1 atom stereocenters. The summed E-state index contributed by atoms with van der Waals surface area (Å²) in [4.78, 5) is 0. The highest BCUT2D eigenvalue weighted by Gasteiger charge is 2.28. The first-order valence-corrected chi connectivity index (χ1v) is 6.85. The minimum Gasteiger partial charge on any atom is -0.490 e. The topological polar surface area (TPSA) is 38.7 Å². The lowest BCUT2D eigenvalue weighted by atomic mass is 9.88. The average molecular weight is 299 g/mol. The molecular formula is C13H15BrO3. The first kappa shape index (κ1) is 11.4. The summed E-state index contributed by atoms with van der Waals surface area (Å²) in [6, 6.07) is 1.97. The first-order valence-electron chi connectivity index (χ1n) is 6.06. The molecule has 17 heavy (non-hydrogen) atoms. The van der Waals surface area contributed by atoms with Gasteiger partial charge < -0.3 is 14.6 Å². The van der Waals surface area contributed by atoms with Gasteiger partial charge in [-0.05, 0) is 30.9 Å². The Morgan fingerprint density at radius 2 is 2.06 bits per heavy atom. The van der Waals surface area contributed by atoms with Gasteiger partial charge in [0.05, 0.1) is 19.3 Å². The van der Waals surface area contributed by atoms with Crippen molar-refractivity contribution in [2.45, 2.75) is 31.8 Å². The lowest BCUT2D eigenvalue weighted by Crippen LogP contribution is -2.12. The van der Waals surface area contributed by atoms with Gasteiger partial charge in [-0.15, -0.1) is 0 Å². The molecule has 1 N–H and O–H groups in total. The van der Waals surface area contributed by atoms with Crippen LogP contribution >= 0.6 is 15.9 Å². The van der Waals surface area contributed by atoms with Crippen molar-refractivity contribution in [2.24, 2.45) is 0 Å². The zero-order chi connectivity index (χ0) is 11.8. The zero-order valence-electron chi connectivity index (χ0n) is 9.54. The first-order chi connectivity index (χ1) is 8.27. The fraction of sp³-hybridized carbons (Fsp3) is 0.538. The summed E-state index contributed by atoms with van der Waals surface area (Å²) in [5, 5.41) is 10.2. The van der Waals surface area contributed by atoms with Crippen LogP contribution in [0.3, 0.4) is 0 Å². The Balaban J connectivity index is 2.18. The second-order valence-electron chi connectivity index (χ2n) is 4.54. The standard InChI is InChI=1S/C13H15BrO3/c14-9-7-11-13(17-6-2-5-16-11)12-8(9)3-1-4-10(12)15/h7,10,15H,1-6H2/t10-/m0/s1. The molecule has 1 aliphatic heterocycles. The van der Waals surface area contributed by atoms with Crippen LogP contribution in [0.15, 0.2) is 10.5 Å². The van der Waals surface area contributed by atoms with Gasteiger partial charge in [-0.25, -0.2) is 0 Å². The Morgan fingerprint density at radius 1 is 1.24 bits per heavy atom. The van der Waals surface area contributed by atoms with Crippen molar-refractivity contribution >= 4 is 15.9 Å². The van der Waals surface area contributed by atoms with Crippen molar-refractivity contribution in [1.82, 2.24) is 0 Å². The summed E-state index contributed by atoms with van der Waals surface area (Å²) in [7, 11) is 0. The average Bonchev–Trinajstić information content (AvgIpc) is 2.55. The molecule has 1 heterocycles. The fourth-order valence-electron chi connectivity index (χ4n) is 2.56. The van der Waals surface area contributed by atoms with Crippen LogP contribution in [0.1, 0.15) is 36.5 Å². The van der Waals surface area contributed by atoms with Crippen LogP contribution in [-0.4, -0.2) is 18.3 Å². The molecule has 0 fully saturated rings. The van der Waals surface area contributed by atoms with Crippen molar-refractivity contribution in [3.05, 3.63) is 21.7 Å². The number of aliphatic hydroxyl groups is 1. The number of aliphatic hydroxyl groups excluding tert-OH is 1. The molecule has 3 rings (SSSR count). The maximum Gasteiger partial charge on any atom is 0.167 e. The molecular weight excluding hydrogens is 284 g/mol. The van der Waals surface area contributed by atoms with Crippen molar-refractivity contribution in [3.63, 3.8) is 0 Å². The molecule has 0 aromatic heterocycles. The van der Waals surface area contributed by atoms with Crippen LogP contribution in [0.2, 0.25) is 0 Å². The van der Waals surface area contributed by atoms with E-state index in [4.69, 9.17) is 9.47 Å². The summed E-state index contributed by atoms with van der Waals surface area (Å²) in [5.41, 5.74) is 2.11. The maximum absolute atomic E-state index is 10.2. The Morgan fingerprint density at radius 3 is 2.94 bits per heavy atom. The van der Waals surface area contributed by atoms with Gasteiger partial charge in [0.25, 0.3) is 0 Å². The molecule has 0 saturated heterocycles. The van der Waals surface area contributed by atoms with Crippen LogP contribution in [0.25, 0.3) is 0 Å². The van der Waals surface area contributed by atoms with Crippen molar-refractivity contribution < 1.29 is 14.6 Å². The predicted molar refractivity (Wildman–Crippen MR) is 67.6 cm³/mol. The van der Waals surface area contributed by atoms with E-state index in [1.807, 2.05) is 6.07 Å². The van der Waals surface area contributed by atoms with Gasteiger partial charge in [-0.3, -0.25) is 0 Å². The van der Waals surface area contributed by atoms with E-state index in [1.54, 1.807) is 0 Å². The van der Waals surface area contributed by atoms with Gasteiger partial charge in [0, 0.05) is 16.5 Å². The van der Waals surface area contributed by atoms with Crippen molar-refractivity contribution in [1.29, 1.82) is 0 Å². The molecule has 1 aromatic carbocycles. The molecule has 4 heteroatoms. The van der Waals surface area contributed by atoms with E-state index in [2.05, 4.69) is 15.9 Å². The minimum absolute atomic E-state index is 0.424. The number of ether oxygens (including phenoxy) is 2. The van der Waals surface area contributed by atoms with E-state index in [0.717, 1.165) is 47.2 Å². The SMILES string of the molecule is O[C@H]1CCCc2c(Br)cc3c(c21)OCCCO3. The van der Waals surface area contributed by atoms with Crippen LogP contribution in [0, 0.1) is 0 Å². The summed E-state index contributed by atoms with van der Waals surface area (Å²) in [6.45, 7) is 1.34. The molecule has 1 aliphatic carbocycles. The summed E-state index contributed by atoms with van der Waals surface area (Å²) < 4.78 is 12.5. The number of halogens is 1. The third kappa shape index (κ3) is 1.93. The number of rotatable bonds is 0. The zero-order valence-corrected chi connectivity index (χ0v) is 11.1. The van der Waals surface area contributed by atoms with Crippen molar-refractivity contribution in [3.8, 4) is 11.5 Å². The molecule has 92 valence electrons. The Hall–Kier alpha value is -0.740. The van der Waals surface area contributed by atoms with Crippen LogP contribution in [0.4, 0.5) is 0 Å². The molecule has 0 spiro atoms. The van der Waals surface area contributed by atoms with E-state index in [9.17, 15) is 5.11 Å². The van der Waals surface area contributed by atoms with E-state index in [0.29, 0.717) is 13.2 Å². The highest BCUT2D eigenvalue weighted by atomic mass is 79.9. The maximum atomic E-state index is 10.2. The summed E-state index contributed by atoms with van der Waals surface area (Å²) in [6.07, 6.45) is 3.28. The Labute approximate surface area is 109 Å². The van der Waals surface area contributed by atoms with Gasteiger partial charge in [-0.1, -0.05) is 15.9 Å². The number of hydrogen-bond acceptors (Lipinski definition) is 3. The third-order valence-electron chi connectivity index (χ3n) is 3.37. The predicted octanol–water partition coefficient (Wildman–Crippen LogP) is 2.98. The second-order valence-corrected chi connectivity index (χ2v) is 5.39. The minimum atomic E-state index is -0.424. The van der Waals surface area contributed by atoms with Gasteiger partial charge in [0.2, 0.25) is 0 Å². The van der Waals surface area contributed by atoms with Gasteiger partial charge in [0.15, 0.2) is 11.5 Å². The summed E-state index contributed by atoms with van der Waals surface area (Å²) in [5.74, 6) is 1.52. The van der Waals surface area contributed by atoms with Gasteiger partial charge in [0.1, 0.15) is 0 Å². The van der Waals surface area contributed by atoms with Crippen LogP contribution in [0.5, 0.6) is 11.5 Å². The quantitative estimate of drug-likeness (QED) is 0.800. The van der Waals surface area contributed by atoms with Gasteiger partial charge in [-0.2, -0.15) is 0 Å². The van der Waals surface area contributed by atoms with Crippen LogP contribution < -0.4 is 9.47 Å². The molecule has 0 bridgehead atoms. The molecule has 2 aliphatic rings. The summed E-state index contributed by atoms with van der Waals surface area (Å²) >= 11 is 3.57. The third-order valence-corrected chi connectivity index (χ3v) is 4.08. The monoisotopic (exact) mass is 298 g/mol. The smallest absolute Gasteiger partial charge is 0.167 e. The number of fused-ring (bicyclic) bond motifs is 3.